The molecule has 1 aromatic carbocycles. The number of aromatic nitrogens is 2. The molecule has 0 bridgehead atoms. The monoisotopic (exact) mass is 378 g/mol. The van der Waals surface area contributed by atoms with Crippen LogP contribution in [0.3, 0.4) is 0 Å². The Morgan fingerprint density at radius 2 is 1.95 bits per heavy atom. The second-order valence-electron chi connectivity index (χ2n) is 3.92. The lowest BCUT2D eigenvalue weighted by atomic mass is 10.1. The Morgan fingerprint density at radius 3 is 2.53 bits per heavy atom. The van der Waals surface area contributed by atoms with Crippen molar-refractivity contribution in [2.24, 2.45) is 0 Å². The molecular weight excluding hydrogens is 372 g/mol. The minimum absolute atomic E-state index is 0.0753. The van der Waals surface area contributed by atoms with Gasteiger partial charge >= 0.3 is 0 Å². The molecule has 0 saturated heterocycles. The molecule has 0 amide bonds. The van der Waals surface area contributed by atoms with E-state index < -0.39 is 0 Å². The van der Waals surface area contributed by atoms with Gasteiger partial charge < -0.3 is 4.57 Å². The van der Waals surface area contributed by atoms with Crippen LogP contribution in [0.4, 0.5) is 0 Å². The van der Waals surface area contributed by atoms with E-state index in [0.29, 0.717) is 0 Å². The van der Waals surface area contributed by atoms with Crippen LogP contribution < -0.4 is 0 Å². The molecule has 2 rings (SSSR count). The van der Waals surface area contributed by atoms with Crippen LogP contribution in [0.15, 0.2) is 33.5 Å². The van der Waals surface area contributed by atoms with Crippen molar-refractivity contribution >= 4 is 31.9 Å². The molecule has 1 heterocycles. The summed E-state index contributed by atoms with van der Waals surface area (Å²) < 4.78 is 3.61. The van der Waals surface area contributed by atoms with Gasteiger partial charge in [0, 0.05) is 8.95 Å². The first kappa shape index (κ1) is 13.8. The first-order chi connectivity index (χ1) is 9.08. The maximum Gasteiger partial charge on any atom is 0.176 e. The van der Waals surface area contributed by atoms with E-state index in [1.807, 2.05) is 37.3 Å². The summed E-state index contributed by atoms with van der Waals surface area (Å²) in [6.07, 6.45) is 1.53. The van der Waals surface area contributed by atoms with Gasteiger partial charge in [-0.25, -0.2) is 4.98 Å². The molecule has 0 N–H and O–H groups in total. The van der Waals surface area contributed by atoms with Gasteiger partial charge in [-0.15, -0.1) is 0 Å². The third-order valence-electron chi connectivity index (χ3n) is 2.85. The average molecular weight is 380 g/mol. The summed E-state index contributed by atoms with van der Waals surface area (Å²) in [5, 5.41) is 18.0. The molecule has 0 saturated carbocycles. The van der Waals surface area contributed by atoms with Crippen molar-refractivity contribution in [3.63, 3.8) is 0 Å². The van der Waals surface area contributed by atoms with E-state index in [2.05, 4.69) is 36.8 Å². The van der Waals surface area contributed by atoms with Gasteiger partial charge in [-0.05, 0) is 56.5 Å². The molecule has 1 unspecified atom stereocenters. The van der Waals surface area contributed by atoms with Crippen LogP contribution in [0.1, 0.15) is 29.9 Å². The smallest absolute Gasteiger partial charge is 0.176 e. The lowest BCUT2D eigenvalue weighted by Crippen LogP contribution is -2.08. The molecule has 19 heavy (non-hydrogen) atoms. The lowest BCUT2D eigenvalue weighted by Gasteiger charge is -2.15. The molecule has 1 atom stereocenters. The van der Waals surface area contributed by atoms with Crippen molar-refractivity contribution in [3.8, 4) is 12.1 Å². The highest BCUT2D eigenvalue weighted by Gasteiger charge is 2.16. The van der Waals surface area contributed by atoms with Crippen LogP contribution in [-0.4, -0.2) is 9.55 Å². The van der Waals surface area contributed by atoms with Gasteiger partial charge in [0.05, 0.1) is 12.4 Å². The molecule has 0 aliphatic carbocycles. The minimum Gasteiger partial charge on any atom is -0.314 e. The summed E-state index contributed by atoms with van der Waals surface area (Å²) >= 11 is 6.87. The Balaban J connectivity index is 2.48. The summed E-state index contributed by atoms with van der Waals surface area (Å²) in [7, 11) is 0. The number of nitriles is 2. The average Bonchev–Trinajstić information content (AvgIpc) is 2.83. The van der Waals surface area contributed by atoms with Crippen LogP contribution in [0.5, 0.6) is 0 Å². The van der Waals surface area contributed by atoms with Crippen LogP contribution in [0, 0.1) is 22.7 Å². The van der Waals surface area contributed by atoms with E-state index >= 15 is 0 Å². The zero-order valence-electron chi connectivity index (χ0n) is 9.93. The highest BCUT2D eigenvalue weighted by Crippen LogP contribution is 2.28. The minimum atomic E-state index is -0.0753. The third-order valence-corrected chi connectivity index (χ3v) is 4.73. The predicted molar refractivity (Wildman–Crippen MR) is 77.3 cm³/mol. The van der Waals surface area contributed by atoms with Crippen LogP contribution in [0.2, 0.25) is 0 Å². The molecule has 0 aliphatic rings. The Morgan fingerprint density at radius 1 is 1.21 bits per heavy atom. The molecule has 0 spiro atoms. The van der Waals surface area contributed by atoms with Crippen molar-refractivity contribution in [2.75, 3.05) is 0 Å². The molecule has 4 nitrogen and oxygen atoms in total. The van der Waals surface area contributed by atoms with Crippen molar-refractivity contribution in [1.82, 2.24) is 9.55 Å². The molecular formula is C13H8Br2N4. The Hall–Kier alpha value is -1.63. The standard InChI is InChI=1S/C13H8Br2N4/c1-8(9-2-3-10(14)11(15)4-9)19-7-18-12(5-16)13(19)6-17/h2-4,7-8H,1H3. The highest BCUT2D eigenvalue weighted by molar-refractivity contribution is 9.13. The van der Waals surface area contributed by atoms with E-state index in [9.17, 15) is 0 Å². The van der Waals surface area contributed by atoms with E-state index in [-0.39, 0.29) is 17.4 Å². The highest BCUT2D eigenvalue weighted by atomic mass is 79.9. The molecule has 94 valence electrons. The number of halogens is 2. The predicted octanol–water partition coefficient (Wildman–Crippen LogP) is 3.76. The third kappa shape index (κ3) is 2.56. The lowest BCUT2D eigenvalue weighted by molar-refractivity contribution is 0.631. The number of benzene rings is 1. The van der Waals surface area contributed by atoms with Crippen molar-refractivity contribution < 1.29 is 0 Å². The first-order valence-corrected chi connectivity index (χ1v) is 6.99. The van der Waals surface area contributed by atoms with Gasteiger partial charge in [-0.2, -0.15) is 10.5 Å². The van der Waals surface area contributed by atoms with Gasteiger partial charge in [-0.3, -0.25) is 0 Å². The van der Waals surface area contributed by atoms with Gasteiger partial charge in [0.1, 0.15) is 12.1 Å². The number of rotatable bonds is 2. The molecule has 2 aromatic rings. The molecule has 0 aliphatic heterocycles. The fraction of sp³-hybridized carbons (Fsp3) is 0.154. The summed E-state index contributed by atoms with van der Waals surface area (Å²) in [5.41, 5.74) is 1.47. The molecule has 6 heteroatoms. The Bertz CT molecular complexity index is 706. The number of nitrogens with zero attached hydrogens (tertiary/aromatic N) is 4. The SMILES string of the molecule is CC(c1ccc(Br)c(Br)c1)n1cnc(C#N)c1C#N. The van der Waals surface area contributed by atoms with Gasteiger partial charge in [0.25, 0.3) is 0 Å². The topological polar surface area (TPSA) is 65.4 Å². The molecule has 1 aromatic heterocycles. The fourth-order valence-electron chi connectivity index (χ4n) is 1.78. The van der Waals surface area contributed by atoms with Crippen molar-refractivity contribution in [3.05, 3.63) is 50.4 Å². The van der Waals surface area contributed by atoms with E-state index in [1.54, 1.807) is 4.57 Å². The quantitative estimate of drug-likeness (QED) is 0.797. The summed E-state index contributed by atoms with van der Waals surface area (Å²) in [5.74, 6) is 0. The van der Waals surface area contributed by atoms with Crippen molar-refractivity contribution in [1.29, 1.82) is 10.5 Å². The van der Waals surface area contributed by atoms with Crippen LogP contribution >= 0.6 is 31.9 Å². The van der Waals surface area contributed by atoms with E-state index in [4.69, 9.17) is 10.5 Å². The maximum absolute atomic E-state index is 9.14. The maximum atomic E-state index is 9.14. The number of hydrogen-bond acceptors (Lipinski definition) is 3. The zero-order chi connectivity index (χ0) is 14.0. The summed E-state index contributed by atoms with van der Waals surface area (Å²) in [6.45, 7) is 1.96. The number of imidazole rings is 1. The second kappa shape index (κ2) is 5.56. The fourth-order valence-corrected chi connectivity index (χ4v) is 2.42. The largest absolute Gasteiger partial charge is 0.314 e. The number of hydrogen-bond donors (Lipinski definition) is 0. The first-order valence-electron chi connectivity index (χ1n) is 5.40. The second-order valence-corrected chi connectivity index (χ2v) is 5.63. The summed E-state index contributed by atoms with van der Waals surface area (Å²) in [4.78, 5) is 3.95. The van der Waals surface area contributed by atoms with Crippen LogP contribution in [0.25, 0.3) is 0 Å². The summed E-state index contributed by atoms with van der Waals surface area (Å²) in [6, 6.07) is 9.75. The zero-order valence-corrected chi connectivity index (χ0v) is 13.1. The van der Waals surface area contributed by atoms with Crippen molar-refractivity contribution in [2.45, 2.75) is 13.0 Å². The van der Waals surface area contributed by atoms with Gasteiger partial charge in [0.15, 0.2) is 11.4 Å². The van der Waals surface area contributed by atoms with E-state index in [0.717, 1.165) is 14.5 Å². The Kier molecular flexibility index (Phi) is 4.04. The van der Waals surface area contributed by atoms with Crippen LogP contribution in [-0.2, 0) is 0 Å². The normalized spacial score (nSPS) is 11.6. The molecule has 0 radical (unpaired) electrons. The molecule has 0 fully saturated rings. The Labute approximate surface area is 127 Å². The van der Waals surface area contributed by atoms with Gasteiger partial charge in [0.2, 0.25) is 0 Å². The van der Waals surface area contributed by atoms with E-state index in [1.165, 1.54) is 6.33 Å². The van der Waals surface area contributed by atoms with Gasteiger partial charge in [-0.1, -0.05) is 6.07 Å².